The van der Waals surface area contributed by atoms with Crippen LogP contribution < -0.4 is 10.2 Å². The van der Waals surface area contributed by atoms with E-state index in [0.29, 0.717) is 5.56 Å². The Balaban J connectivity index is 1.64. The molecule has 0 aliphatic heterocycles. The lowest BCUT2D eigenvalue weighted by Crippen LogP contribution is -2.18. The molecule has 8 heteroatoms. The first-order valence-corrected chi connectivity index (χ1v) is 10.2. The first-order chi connectivity index (χ1) is 15.9. The molecule has 0 atom stereocenters. The molecule has 0 unspecified atom stereocenters. The Morgan fingerprint density at radius 1 is 0.909 bits per heavy atom. The number of phenols is 2. The van der Waals surface area contributed by atoms with Gasteiger partial charge >= 0.3 is 5.97 Å². The molecule has 33 heavy (non-hydrogen) atoms. The first kappa shape index (κ1) is 21.9. The molecule has 0 bridgehead atoms. The van der Waals surface area contributed by atoms with Crippen molar-refractivity contribution in [1.29, 1.82) is 0 Å². The van der Waals surface area contributed by atoms with Gasteiger partial charge in [0.25, 0.3) is 5.91 Å². The van der Waals surface area contributed by atoms with Crippen molar-refractivity contribution in [3.05, 3.63) is 101 Å². The van der Waals surface area contributed by atoms with Crippen LogP contribution in [-0.4, -0.2) is 28.3 Å². The summed E-state index contributed by atoms with van der Waals surface area (Å²) in [6.45, 7) is 0. The molecule has 3 N–H and O–H groups in total. The average Bonchev–Trinajstić information content (AvgIpc) is 2.80. The minimum atomic E-state index is -0.682. The number of nitrogens with one attached hydrogen (secondary N) is 1. The van der Waals surface area contributed by atoms with Gasteiger partial charge in [0.15, 0.2) is 0 Å². The highest BCUT2D eigenvalue weighted by molar-refractivity contribution is 6.33. The number of carbonyl (C=O) groups excluding carboxylic acids is 2. The Morgan fingerprint density at radius 3 is 2.45 bits per heavy atom. The van der Waals surface area contributed by atoms with E-state index in [-0.39, 0.29) is 33.4 Å². The summed E-state index contributed by atoms with van der Waals surface area (Å²) in [7, 11) is 0. The number of aromatic hydroxyl groups is 2. The van der Waals surface area contributed by atoms with E-state index in [1.807, 2.05) is 24.3 Å². The zero-order valence-electron chi connectivity index (χ0n) is 17.0. The number of rotatable bonds is 5. The quantitative estimate of drug-likeness (QED) is 0.170. The van der Waals surface area contributed by atoms with Gasteiger partial charge in [0.1, 0.15) is 17.2 Å². The second kappa shape index (κ2) is 9.42. The van der Waals surface area contributed by atoms with Crippen LogP contribution in [0.25, 0.3) is 10.8 Å². The Bertz CT molecular complexity index is 1400. The third-order valence-electron chi connectivity index (χ3n) is 4.81. The number of nitrogens with zero attached hydrogens (tertiary/aromatic N) is 1. The molecule has 0 aromatic heterocycles. The third kappa shape index (κ3) is 4.78. The Labute approximate surface area is 193 Å². The molecule has 4 rings (SSSR count). The highest BCUT2D eigenvalue weighted by atomic mass is 35.5. The number of halogens is 1. The summed E-state index contributed by atoms with van der Waals surface area (Å²) in [6, 6.07) is 21.0. The Morgan fingerprint density at radius 2 is 1.67 bits per heavy atom. The van der Waals surface area contributed by atoms with Gasteiger partial charge in [0, 0.05) is 11.6 Å². The summed E-state index contributed by atoms with van der Waals surface area (Å²) in [5.74, 6) is -1.65. The number of hydrogen-bond acceptors (Lipinski definition) is 6. The molecule has 4 aromatic carbocycles. The van der Waals surface area contributed by atoms with Gasteiger partial charge in [-0.1, -0.05) is 54.1 Å². The number of esters is 1. The van der Waals surface area contributed by atoms with Crippen LogP contribution in [-0.2, 0) is 0 Å². The maximum atomic E-state index is 12.7. The first-order valence-electron chi connectivity index (χ1n) is 9.78. The predicted octanol–water partition coefficient (Wildman–Crippen LogP) is 4.89. The molecule has 0 saturated carbocycles. The van der Waals surface area contributed by atoms with Crippen LogP contribution in [0, 0.1) is 0 Å². The monoisotopic (exact) mass is 460 g/mol. The van der Waals surface area contributed by atoms with Gasteiger partial charge in [-0.05, 0) is 41.1 Å². The zero-order valence-corrected chi connectivity index (χ0v) is 17.8. The second-order valence-electron chi connectivity index (χ2n) is 6.97. The minimum Gasteiger partial charge on any atom is -0.508 e. The zero-order chi connectivity index (χ0) is 23.4. The van der Waals surface area contributed by atoms with Crippen LogP contribution in [0.5, 0.6) is 17.2 Å². The van der Waals surface area contributed by atoms with E-state index in [9.17, 15) is 19.8 Å². The molecule has 4 aromatic rings. The normalized spacial score (nSPS) is 10.9. The Kier molecular flexibility index (Phi) is 6.24. The van der Waals surface area contributed by atoms with Crippen molar-refractivity contribution in [3.63, 3.8) is 0 Å². The summed E-state index contributed by atoms with van der Waals surface area (Å²) in [5, 5.41) is 25.1. The van der Waals surface area contributed by atoms with E-state index < -0.39 is 11.9 Å². The van der Waals surface area contributed by atoms with E-state index in [4.69, 9.17) is 16.3 Å². The molecule has 0 heterocycles. The molecule has 7 nitrogen and oxygen atoms in total. The van der Waals surface area contributed by atoms with Gasteiger partial charge in [-0.2, -0.15) is 5.10 Å². The maximum absolute atomic E-state index is 12.7. The van der Waals surface area contributed by atoms with Crippen molar-refractivity contribution in [2.24, 2.45) is 5.10 Å². The lowest BCUT2D eigenvalue weighted by Gasteiger charge is -2.11. The van der Waals surface area contributed by atoms with E-state index in [0.717, 1.165) is 16.8 Å². The fourth-order valence-electron chi connectivity index (χ4n) is 3.21. The van der Waals surface area contributed by atoms with Crippen LogP contribution in [0.15, 0.2) is 84.0 Å². The van der Waals surface area contributed by atoms with Gasteiger partial charge in [0.05, 0.1) is 22.4 Å². The number of carbonyl (C=O) groups is 2. The predicted molar refractivity (Wildman–Crippen MR) is 125 cm³/mol. The minimum absolute atomic E-state index is 0.0618. The summed E-state index contributed by atoms with van der Waals surface area (Å²) in [5.41, 5.74) is 2.94. The highest BCUT2D eigenvalue weighted by Crippen LogP contribution is 2.28. The van der Waals surface area contributed by atoms with Crippen molar-refractivity contribution in [3.8, 4) is 17.2 Å². The van der Waals surface area contributed by atoms with E-state index in [1.165, 1.54) is 18.3 Å². The van der Waals surface area contributed by atoms with Crippen LogP contribution >= 0.6 is 11.6 Å². The van der Waals surface area contributed by atoms with Crippen molar-refractivity contribution in [2.75, 3.05) is 0 Å². The number of fused-ring (bicyclic) bond motifs is 1. The summed E-state index contributed by atoms with van der Waals surface area (Å²) in [6.07, 6.45) is 1.35. The number of phenolic OH excluding ortho intramolecular Hbond substituents is 2. The lowest BCUT2D eigenvalue weighted by molar-refractivity contribution is 0.0734. The van der Waals surface area contributed by atoms with Gasteiger partial charge in [-0.3, -0.25) is 4.79 Å². The molecule has 0 spiro atoms. The van der Waals surface area contributed by atoms with Crippen molar-refractivity contribution < 1.29 is 24.5 Å². The lowest BCUT2D eigenvalue weighted by atomic mass is 10.0. The topological polar surface area (TPSA) is 108 Å². The summed E-state index contributed by atoms with van der Waals surface area (Å²) < 4.78 is 5.60. The molecule has 0 saturated heterocycles. The summed E-state index contributed by atoms with van der Waals surface area (Å²) in [4.78, 5) is 25.0. The van der Waals surface area contributed by atoms with Crippen molar-refractivity contribution in [1.82, 2.24) is 5.43 Å². The van der Waals surface area contributed by atoms with Crippen LogP contribution in [0.2, 0.25) is 5.02 Å². The number of benzene rings is 4. The third-order valence-corrected chi connectivity index (χ3v) is 5.14. The molecule has 0 radical (unpaired) electrons. The van der Waals surface area contributed by atoms with E-state index in [2.05, 4.69) is 10.5 Å². The SMILES string of the molecule is O=C(N/N=C/c1c(OC(=O)c2ccccc2Cl)ccc2ccccc12)c1ccc(O)cc1O. The fraction of sp³-hybridized carbons (Fsp3) is 0. The van der Waals surface area contributed by atoms with Crippen LogP contribution in [0.1, 0.15) is 26.3 Å². The Hall–Kier alpha value is -4.36. The van der Waals surface area contributed by atoms with Gasteiger partial charge < -0.3 is 14.9 Å². The highest BCUT2D eigenvalue weighted by Gasteiger charge is 2.16. The molecular formula is C25H17ClN2O5. The molecule has 0 aliphatic carbocycles. The maximum Gasteiger partial charge on any atom is 0.345 e. The largest absolute Gasteiger partial charge is 0.508 e. The van der Waals surface area contributed by atoms with Gasteiger partial charge in [-0.25, -0.2) is 10.2 Å². The smallest absolute Gasteiger partial charge is 0.345 e. The fourth-order valence-corrected chi connectivity index (χ4v) is 3.42. The number of hydrogen-bond donors (Lipinski definition) is 3. The van der Waals surface area contributed by atoms with Crippen molar-refractivity contribution in [2.45, 2.75) is 0 Å². The molecule has 0 fully saturated rings. The molecule has 1 amide bonds. The van der Waals surface area contributed by atoms with Gasteiger partial charge in [0.2, 0.25) is 0 Å². The van der Waals surface area contributed by atoms with Crippen molar-refractivity contribution >= 4 is 40.5 Å². The van der Waals surface area contributed by atoms with Crippen LogP contribution in [0.3, 0.4) is 0 Å². The number of hydrazone groups is 1. The van der Waals surface area contributed by atoms with Gasteiger partial charge in [-0.15, -0.1) is 0 Å². The van der Waals surface area contributed by atoms with E-state index in [1.54, 1.807) is 36.4 Å². The van der Waals surface area contributed by atoms with E-state index >= 15 is 0 Å². The second-order valence-corrected chi connectivity index (χ2v) is 7.38. The van der Waals surface area contributed by atoms with Crippen LogP contribution in [0.4, 0.5) is 0 Å². The number of ether oxygens (including phenoxy) is 1. The molecular weight excluding hydrogens is 444 g/mol. The average molecular weight is 461 g/mol. The standard InChI is InChI=1S/C25H17ClN2O5/c26-21-8-4-3-7-18(21)25(32)33-23-12-9-15-5-1-2-6-17(15)20(23)14-27-28-24(31)19-11-10-16(29)13-22(19)30/h1-14,29-30H,(H,28,31)/b27-14+. The molecule has 164 valence electrons. The molecule has 0 aliphatic rings. The number of amides is 1. The summed E-state index contributed by atoms with van der Waals surface area (Å²) >= 11 is 6.11.